The summed E-state index contributed by atoms with van der Waals surface area (Å²) < 4.78 is 15.3. The van der Waals surface area contributed by atoms with Gasteiger partial charge in [-0.3, -0.25) is 9.69 Å². The van der Waals surface area contributed by atoms with Crippen molar-refractivity contribution < 1.29 is 24.1 Å². The maximum absolute atomic E-state index is 11.0. The van der Waals surface area contributed by atoms with Crippen molar-refractivity contribution in [2.24, 2.45) is 0 Å². The van der Waals surface area contributed by atoms with Crippen LogP contribution in [0.25, 0.3) is 0 Å². The molecule has 0 aromatic heterocycles. The Bertz CT molecular complexity index is 233. The second-order valence-electron chi connectivity index (χ2n) is 3.86. The molecule has 1 aliphatic rings. The van der Waals surface area contributed by atoms with E-state index in [4.69, 9.17) is 19.3 Å². The quantitative estimate of drug-likeness (QED) is 0.613. The van der Waals surface area contributed by atoms with Gasteiger partial charge in [0.2, 0.25) is 0 Å². The average molecular weight is 233 g/mol. The number of ether oxygens (including phenoxy) is 3. The molecule has 1 fully saturated rings. The maximum atomic E-state index is 11.0. The Hall–Kier alpha value is -0.690. The molecule has 1 saturated heterocycles. The molecule has 1 rings (SSSR count). The molecule has 1 unspecified atom stereocenters. The highest BCUT2D eigenvalue weighted by molar-refractivity contribution is 5.73. The second kappa shape index (κ2) is 5.58. The Morgan fingerprint density at radius 1 is 1.38 bits per heavy atom. The zero-order valence-corrected chi connectivity index (χ0v) is 9.93. The number of likely N-dealkylation sites (tertiary alicyclic amines) is 1. The van der Waals surface area contributed by atoms with E-state index in [0.29, 0.717) is 26.1 Å². The summed E-state index contributed by atoms with van der Waals surface area (Å²) in [5.74, 6) is -1.47. The predicted octanol–water partition coefficient (Wildman–Crippen LogP) is -0.219. The van der Waals surface area contributed by atoms with Crippen molar-refractivity contribution in [1.82, 2.24) is 4.90 Å². The van der Waals surface area contributed by atoms with Crippen LogP contribution in [0.2, 0.25) is 0 Å². The number of carboxylic acid groups (broad SMARTS) is 1. The van der Waals surface area contributed by atoms with Crippen molar-refractivity contribution in [3.05, 3.63) is 0 Å². The highest BCUT2D eigenvalue weighted by Gasteiger charge is 2.48. The van der Waals surface area contributed by atoms with E-state index in [1.165, 1.54) is 0 Å². The third kappa shape index (κ3) is 2.70. The van der Waals surface area contributed by atoms with Crippen LogP contribution < -0.4 is 0 Å². The van der Waals surface area contributed by atoms with E-state index >= 15 is 0 Å². The fraction of sp³-hybridized carbons (Fsp3) is 0.900. The summed E-state index contributed by atoms with van der Waals surface area (Å²) in [6.45, 7) is 1.38. The standard InChI is InChI=1S/C10H19NO5/c1-14-5-4-8(9(12)13)11-6-10(7-11,15-2)16-3/h8H,4-7H2,1-3H3,(H,12,13). The number of carbonyl (C=O) groups is 1. The van der Waals surface area contributed by atoms with Crippen LogP contribution in [-0.2, 0) is 19.0 Å². The summed E-state index contributed by atoms with van der Waals surface area (Å²) in [5.41, 5.74) is 0. The fourth-order valence-electron chi connectivity index (χ4n) is 1.83. The molecule has 6 nitrogen and oxygen atoms in total. The molecule has 0 aliphatic carbocycles. The summed E-state index contributed by atoms with van der Waals surface area (Å²) in [5, 5.41) is 9.07. The zero-order valence-electron chi connectivity index (χ0n) is 9.93. The molecule has 1 atom stereocenters. The van der Waals surface area contributed by atoms with Crippen molar-refractivity contribution in [2.75, 3.05) is 41.0 Å². The molecule has 1 N–H and O–H groups in total. The van der Waals surface area contributed by atoms with E-state index < -0.39 is 17.8 Å². The molecule has 16 heavy (non-hydrogen) atoms. The Morgan fingerprint density at radius 3 is 2.31 bits per heavy atom. The number of hydrogen-bond donors (Lipinski definition) is 1. The highest BCUT2D eigenvalue weighted by Crippen LogP contribution is 2.28. The number of hydrogen-bond acceptors (Lipinski definition) is 5. The van der Waals surface area contributed by atoms with Crippen molar-refractivity contribution in [3.63, 3.8) is 0 Å². The topological polar surface area (TPSA) is 68.2 Å². The van der Waals surface area contributed by atoms with Crippen LogP contribution in [0.1, 0.15) is 6.42 Å². The lowest BCUT2D eigenvalue weighted by Gasteiger charge is -2.49. The van der Waals surface area contributed by atoms with E-state index in [1.54, 1.807) is 21.3 Å². The predicted molar refractivity (Wildman–Crippen MR) is 56.2 cm³/mol. The SMILES string of the molecule is COCCC(C(=O)O)N1CC(OC)(OC)C1. The van der Waals surface area contributed by atoms with Gasteiger partial charge in [0.1, 0.15) is 6.04 Å². The number of methoxy groups -OCH3 is 3. The summed E-state index contributed by atoms with van der Waals surface area (Å²) in [4.78, 5) is 12.9. The molecule has 0 amide bonds. The monoisotopic (exact) mass is 233 g/mol. The molecule has 6 heteroatoms. The molecule has 94 valence electrons. The summed E-state index contributed by atoms with van der Waals surface area (Å²) in [7, 11) is 4.68. The van der Waals surface area contributed by atoms with Crippen LogP contribution in [-0.4, -0.2) is 68.8 Å². The Labute approximate surface area is 95.1 Å². The van der Waals surface area contributed by atoms with Crippen molar-refractivity contribution >= 4 is 5.97 Å². The molecule has 0 aromatic carbocycles. The molecule has 0 spiro atoms. The highest BCUT2D eigenvalue weighted by atomic mass is 16.7. The number of carboxylic acids is 1. The first kappa shape index (κ1) is 13.4. The zero-order chi connectivity index (χ0) is 12.2. The van der Waals surface area contributed by atoms with Crippen LogP contribution in [0, 0.1) is 0 Å². The Balaban J connectivity index is 2.48. The van der Waals surface area contributed by atoms with Gasteiger partial charge < -0.3 is 19.3 Å². The average Bonchev–Trinajstić information content (AvgIpc) is 2.21. The van der Waals surface area contributed by atoms with E-state index in [2.05, 4.69) is 0 Å². The van der Waals surface area contributed by atoms with E-state index in [1.807, 2.05) is 4.90 Å². The minimum Gasteiger partial charge on any atom is -0.480 e. The first-order valence-electron chi connectivity index (χ1n) is 5.14. The van der Waals surface area contributed by atoms with Crippen LogP contribution in [0.4, 0.5) is 0 Å². The van der Waals surface area contributed by atoms with Crippen LogP contribution >= 0.6 is 0 Å². The summed E-state index contributed by atoms with van der Waals surface area (Å²) in [6.07, 6.45) is 0.468. The molecular formula is C10H19NO5. The first-order chi connectivity index (χ1) is 7.58. The third-order valence-electron chi connectivity index (χ3n) is 2.95. The Kier molecular flexibility index (Phi) is 4.67. The van der Waals surface area contributed by atoms with Crippen molar-refractivity contribution in [3.8, 4) is 0 Å². The molecule has 0 radical (unpaired) electrons. The van der Waals surface area contributed by atoms with Gasteiger partial charge in [-0.1, -0.05) is 0 Å². The van der Waals surface area contributed by atoms with Gasteiger partial charge in [-0.2, -0.15) is 0 Å². The minimum atomic E-state index is -0.835. The minimum absolute atomic E-state index is 0.431. The molecular weight excluding hydrogens is 214 g/mol. The van der Waals surface area contributed by atoms with Gasteiger partial charge in [-0.05, 0) is 6.42 Å². The Morgan fingerprint density at radius 2 is 1.94 bits per heavy atom. The summed E-state index contributed by atoms with van der Waals surface area (Å²) >= 11 is 0. The van der Waals surface area contributed by atoms with Gasteiger partial charge >= 0.3 is 5.97 Å². The lowest BCUT2D eigenvalue weighted by atomic mass is 10.0. The third-order valence-corrected chi connectivity index (χ3v) is 2.95. The van der Waals surface area contributed by atoms with E-state index in [-0.39, 0.29) is 0 Å². The number of nitrogens with zero attached hydrogens (tertiary/aromatic N) is 1. The van der Waals surface area contributed by atoms with Gasteiger partial charge in [0.15, 0.2) is 5.79 Å². The lowest BCUT2D eigenvalue weighted by molar-refractivity contribution is -0.282. The molecule has 1 heterocycles. The molecule has 0 saturated carbocycles. The summed E-state index contributed by atoms with van der Waals surface area (Å²) in [6, 6.07) is -0.529. The van der Waals surface area contributed by atoms with Crippen LogP contribution in [0.15, 0.2) is 0 Å². The van der Waals surface area contributed by atoms with Gasteiger partial charge in [0.05, 0.1) is 13.1 Å². The van der Waals surface area contributed by atoms with Crippen molar-refractivity contribution in [1.29, 1.82) is 0 Å². The molecule has 1 aliphatic heterocycles. The van der Waals surface area contributed by atoms with Gasteiger partial charge in [0, 0.05) is 27.9 Å². The van der Waals surface area contributed by atoms with E-state index in [0.717, 1.165) is 0 Å². The maximum Gasteiger partial charge on any atom is 0.321 e. The van der Waals surface area contributed by atoms with Gasteiger partial charge in [-0.15, -0.1) is 0 Å². The first-order valence-corrected chi connectivity index (χ1v) is 5.14. The van der Waals surface area contributed by atoms with Crippen molar-refractivity contribution in [2.45, 2.75) is 18.2 Å². The molecule has 0 bridgehead atoms. The fourth-order valence-corrected chi connectivity index (χ4v) is 1.83. The lowest BCUT2D eigenvalue weighted by Crippen LogP contribution is -2.67. The van der Waals surface area contributed by atoms with Crippen LogP contribution in [0.3, 0.4) is 0 Å². The second-order valence-corrected chi connectivity index (χ2v) is 3.86. The van der Waals surface area contributed by atoms with Gasteiger partial charge in [0.25, 0.3) is 0 Å². The van der Waals surface area contributed by atoms with E-state index in [9.17, 15) is 4.79 Å². The van der Waals surface area contributed by atoms with Gasteiger partial charge in [-0.25, -0.2) is 0 Å². The normalized spacial score (nSPS) is 21.4. The molecule has 0 aromatic rings. The number of rotatable bonds is 7. The van der Waals surface area contributed by atoms with Crippen LogP contribution in [0.5, 0.6) is 0 Å². The largest absolute Gasteiger partial charge is 0.480 e. The number of aliphatic carboxylic acids is 1. The smallest absolute Gasteiger partial charge is 0.321 e.